The topological polar surface area (TPSA) is 37.3 Å². The number of carboxylic acids is 1. The third-order valence-corrected chi connectivity index (χ3v) is 3.33. The molecular formula is C15H12O2. The number of fused-ring (bicyclic) bond motifs is 3. The predicted octanol–water partition coefficient (Wildman–Crippen LogP) is 3.19. The van der Waals surface area contributed by atoms with Crippen LogP contribution in [-0.2, 0) is 4.79 Å². The molecule has 0 fully saturated rings. The van der Waals surface area contributed by atoms with Gasteiger partial charge in [0.15, 0.2) is 0 Å². The van der Waals surface area contributed by atoms with Gasteiger partial charge in [0.25, 0.3) is 0 Å². The Morgan fingerprint density at radius 3 is 2.53 bits per heavy atom. The average molecular weight is 224 g/mol. The molecule has 3 rings (SSSR count). The number of carboxylic acid groups (broad SMARTS) is 1. The predicted molar refractivity (Wildman–Crippen MR) is 66.1 cm³/mol. The highest BCUT2D eigenvalue weighted by molar-refractivity contribution is 5.92. The Labute approximate surface area is 99.5 Å². The summed E-state index contributed by atoms with van der Waals surface area (Å²) in [5.74, 6) is -1.29. The number of rotatable bonds is 1. The van der Waals surface area contributed by atoms with Crippen LogP contribution in [0.5, 0.6) is 0 Å². The molecule has 0 spiro atoms. The third kappa shape index (κ3) is 1.37. The van der Waals surface area contributed by atoms with E-state index in [1.54, 1.807) is 0 Å². The summed E-state index contributed by atoms with van der Waals surface area (Å²) in [4.78, 5) is 11.4. The van der Waals surface area contributed by atoms with Gasteiger partial charge in [-0.3, -0.25) is 4.79 Å². The van der Waals surface area contributed by atoms with E-state index in [-0.39, 0.29) is 0 Å². The first kappa shape index (κ1) is 10.1. The second-order valence-electron chi connectivity index (χ2n) is 4.45. The average Bonchev–Trinajstić information content (AvgIpc) is 2.63. The molecule has 0 bridgehead atoms. The number of hydrogen-bond donors (Lipinski definition) is 1. The summed E-state index contributed by atoms with van der Waals surface area (Å²) >= 11 is 0. The lowest BCUT2D eigenvalue weighted by Gasteiger charge is -2.07. The molecular weight excluding hydrogens is 212 g/mol. The Kier molecular flexibility index (Phi) is 2.05. The van der Waals surface area contributed by atoms with Crippen LogP contribution in [0.15, 0.2) is 42.5 Å². The van der Waals surface area contributed by atoms with Gasteiger partial charge in [-0.1, -0.05) is 48.0 Å². The van der Waals surface area contributed by atoms with Crippen LogP contribution >= 0.6 is 0 Å². The third-order valence-electron chi connectivity index (χ3n) is 3.33. The molecule has 0 amide bonds. The zero-order valence-corrected chi connectivity index (χ0v) is 9.47. The molecule has 0 radical (unpaired) electrons. The smallest absolute Gasteiger partial charge is 0.315 e. The lowest BCUT2D eigenvalue weighted by molar-refractivity contribution is -0.137. The summed E-state index contributed by atoms with van der Waals surface area (Å²) in [5.41, 5.74) is 5.08. The maximum absolute atomic E-state index is 11.4. The molecule has 0 unspecified atom stereocenters. The number of benzene rings is 2. The van der Waals surface area contributed by atoms with Crippen molar-refractivity contribution in [2.24, 2.45) is 0 Å². The Morgan fingerprint density at radius 2 is 1.76 bits per heavy atom. The minimum absolute atomic E-state index is 0.512. The molecule has 0 saturated carbocycles. The molecule has 17 heavy (non-hydrogen) atoms. The van der Waals surface area contributed by atoms with Crippen molar-refractivity contribution in [2.45, 2.75) is 12.8 Å². The van der Waals surface area contributed by atoms with E-state index in [0.717, 1.165) is 27.8 Å². The van der Waals surface area contributed by atoms with E-state index in [0.29, 0.717) is 0 Å². The highest BCUT2D eigenvalue weighted by Crippen LogP contribution is 2.44. The molecule has 1 N–H and O–H groups in total. The fraction of sp³-hybridized carbons (Fsp3) is 0.133. The number of hydrogen-bond acceptors (Lipinski definition) is 1. The lowest BCUT2D eigenvalue weighted by atomic mass is 9.97. The Hall–Kier alpha value is -2.09. The molecule has 2 heteroatoms. The molecule has 0 aromatic heterocycles. The molecule has 2 nitrogen and oxygen atoms in total. The van der Waals surface area contributed by atoms with E-state index in [1.165, 1.54) is 0 Å². The summed E-state index contributed by atoms with van der Waals surface area (Å²) in [7, 11) is 0. The van der Waals surface area contributed by atoms with Crippen molar-refractivity contribution in [3.63, 3.8) is 0 Å². The van der Waals surface area contributed by atoms with Gasteiger partial charge in [-0.25, -0.2) is 0 Å². The maximum Gasteiger partial charge on any atom is 0.315 e. The molecule has 84 valence electrons. The molecule has 0 aliphatic heterocycles. The van der Waals surface area contributed by atoms with Crippen molar-refractivity contribution >= 4 is 5.97 Å². The van der Waals surface area contributed by atoms with Crippen LogP contribution in [0.4, 0.5) is 0 Å². The van der Waals surface area contributed by atoms with Crippen molar-refractivity contribution in [3.8, 4) is 11.1 Å². The summed E-state index contributed by atoms with van der Waals surface area (Å²) in [5, 5.41) is 9.38. The molecule has 2 aromatic rings. The largest absolute Gasteiger partial charge is 0.481 e. The van der Waals surface area contributed by atoms with Gasteiger partial charge in [0, 0.05) is 0 Å². The standard InChI is InChI=1S/C15H12O2/c1-9-6-7-12-13(8-9)10-4-2-3-5-11(10)14(12)15(16)17/h2-8,14H,1H3,(H,16,17)/t14-/m1/s1. The SMILES string of the molecule is Cc1ccc2c(c1)-c1ccccc1[C@H]2C(=O)O. The highest BCUT2D eigenvalue weighted by atomic mass is 16.4. The number of aliphatic carboxylic acids is 1. The summed E-state index contributed by atoms with van der Waals surface area (Å²) in [6.07, 6.45) is 0. The van der Waals surface area contributed by atoms with Crippen molar-refractivity contribution in [3.05, 3.63) is 59.2 Å². The Morgan fingerprint density at radius 1 is 1.06 bits per heavy atom. The summed E-state index contributed by atoms with van der Waals surface area (Å²) < 4.78 is 0. The van der Waals surface area contributed by atoms with Crippen LogP contribution in [-0.4, -0.2) is 11.1 Å². The minimum atomic E-state index is -0.778. The molecule has 0 heterocycles. The van der Waals surface area contributed by atoms with E-state index in [4.69, 9.17) is 0 Å². The van der Waals surface area contributed by atoms with Crippen molar-refractivity contribution in [1.29, 1.82) is 0 Å². The van der Waals surface area contributed by atoms with Gasteiger partial charge in [0.05, 0.1) is 0 Å². The maximum atomic E-state index is 11.4. The first-order chi connectivity index (χ1) is 8.18. The van der Waals surface area contributed by atoms with Crippen LogP contribution in [0, 0.1) is 6.92 Å². The van der Waals surface area contributed by atoms with Gasteiger partial charge in [0.2, 0.25) is 0 Å². The number of carbonyl (C=O) groups is 1. The number of aryl methyl sites for hydroxylation is 1. The van der Waals surface area contributed by atoms with Crippen LogP contribution in [0.1, 0.15) is 22.6 Å². The molecule has 2 aromatic carbocycles. The van der Waals surface area contributed by atoms with Gasteiger partial charge in [-0.2, -0.15) is 0 Å². The molecule has 1 aliphatic carbocycles. The highest BCUT2D eigenvalue weighted by Gasteiger charge is 2.33. The second-order valence-corrected chi connectivity index (χ2v) is 4.45. The monoisotopic (exact) mass is 224 g/mol. The van der Waals surface area contributed by atoms with Gasteiger partial charge in [-0.05, 0) is 29.2 Å². The Bertz CT molecular complexity index is 614. The zero-order chi connectivity index (χ0) is 12.0. The Balaban J connectivity index is 2.34. The first-order valence-electron chi connectivity index (χ1n) is 5.61. The lowest BCUT2D eigenvalue weighted by Crippen LogP contribution is -2.09. The van der Waals surface area contributed by atoms with Crippen molar-refractivity contribution in [1.82, 2.24) is 0 Å². The van der Waals surface area contributed by atoms with Gasteiger partial charge < -0.3 is 5.11 Å². The first-order valence-corrected chi connectivity index (χ1v) is 5.61. The van der Waals surface area contributed by atoms with E-state index >= 15 is 0 Å². The summed E-state index contributed by atoms with van der Waals surface area (Å²) in [6.45, 7) is 2.02. The molecule has 1 aliphatic rings. The van der Waals surface area contributed by atoms with E-state index in [1.807, 2.05) is 43.3 Å². The van der Waals surface area contributed by atoms with Gasteiger partial charge >= 0.3 is 5.97 Å². The summed E-state index contributed by atoms with van der Waals surface area (Å²) in [6, 6.07) is 13.7. The van der Waals surface area contributed by atoms with E-state index in [9.17, 15) is 9.90 Å². The van der Waals surface area contributed by atoms with Crippen LogP contribution in [0.3, 0.4) is 0 Å². The normalized spacial score (nSPS) is 16.4. The second kappa shape index (κ2) is 3.45. The van der Waals surface area contributed by atoms with Crippen molar-refractivity contribution < 1.29 is 9.90 Å². The van der Waals surface area contributed by atoms with E-state index in [2.05, 4.69) is 6.07 Å². The fourth-order valence-corrected chi connectivity index (χ4v) is 2.58. The molecule has 1 atom stereocenters. The molecule has 0 saturated heterocycles. The van der Waals surface area contributed by atoms with Gasteiger partial charge in [0.1, 0.15) is 5.92 Å². The quantitative estimate of drug-likeness (QED) is 0.807. The fourth-order valence-electron chi connectivity index (χ4n) is 2.58. The van der Waals surface area contributed by atoms with Crippen LogP contribution in [0.2, 0.25) is 0 Å². The van der Waals surface area contributed by atoms with Crippen LogP contribution in [0.25, 0.3) is 11.1 Å². The van der Waals surface area contributed by atoms with Crippen LogP contribution < -0.4 is 0 Å². The van der Waals surface area contributed by atoms with E-state index < -0.39 is 11.9 Å². The minimum Gasteiger partial charge on any atom is -0.481 e. The van der Waals surface area contributed by atoms with Crippen molar-refractivity contribution in [2.75, 3.05) is 0 Å². The zero-order valence-electron chi connectivity index (χ0n) is 9.47. The van der Waals surface area contributed by atoms with Gasteiger partial charge in [-0.15, -0.1) is 0 Å².